The molecule has 1 aromatic carbocycles. The molecule has 2 heterocycles. The second kappa shape index (κ2) is 6.18. The highest BCUT2D eigenvalue weighted by molar-refractivity contribution is 6.17. The van der Waals surface area contributed by atoms with Crippen LogP contribution in [0, 0.1) is 6.92 Å². The molecule has 2 aromatic heterocycles. The van der Waals surface area contributed by atoms with Gasteiger partial charge in [-0.2, -0.15) is 18.3 Å². The third kappa shape index (κ3) is 3.13. The van der Waals surface area contributed by atoms with Gasteiger partial charge in [0.2, 0.25) is 0 Å². The summed E-state index contributed by atoms with van der Waals surface area (Å²) in [6.07, 6.45) is -4.39. The van der Waals surface area contributed by atoms with Crippen molar-refractivity contribution in [1.29, 1.82) is 0 Å². The molecule has 3 rings (SSSR count). The maximum Gasteiger partial charge on any atom is 0.416 e. The van der Waals surface area contributed by atoms with Gasteiger partial charge in [0.1, 0.15) is 11.2 Å². The molecular weight excluding hydrogens is 357 g/mol. The smallest absolute Gasteiger partial charge is 0.310 e. The lowest BCUT2D eigenvalue weighted by molar-refractivity contribution is -0.137. The molecule has 0 saturated heterocycles. The van der Waals surface area contributed by atoms with Crippen molar-refractivity contribution < 1.29 is 13.2 Å². The van der Waals surface area contributed by atoms with Crippen molar-refractivity contribution in [2.75, 3.05) is 0 Å². The lowest BCUT2D eigenvalue weighted by Gasteiger charge is -2.15. The highest BCUT2D eigenvalue weighted by Crippen LogP contribution is 2.31. The van der Waals surface area contributed by atoms with Crippen LogP contribution in [-0.4, -0.2) is 19.7 Å². The van der Waals surface area contributed by atoms with Crippen LogP contribution in [0.25, 0.3) is 11.0 Å². The fourth-order valence-corrected chi connectivity index (χ4v) is 2.87. The molecule has 0 fully saturated rings. The van der Waals surface area contributed by atoms with Crippen LogP contribution in [0.2, 0.25) is 0 Å². The number of aryl methyl sites for hydroxylation is 1. The number of hydrogen-bond acceptors (Lipinski definition) is 3. The molecule has 0 bridgehead atoms. The number of alkyl halides is 4. The summed E-state index contributed by atoms with van der Waals surface area (Å²) in [5, 5.41) is 4.63. The van der Waals surface area contributed by atoms with E-state index in [1.165, 1.54) is 16.8 Å². The normalized spacial score (nSPS) is 13.4. The van der Waals surface area contributed by atoms with E-state index in [1.54, 1.807) is 13.8 Å². The maximum absolute atomic E-state index is 12.7. The summed E-state index contributed by atoms with van der Waals surface area (Å²) in [4.78, 5) is 19.1. The van der Waals surface area contributed by atoms with Crippen LogP contribution in [0.15, 0.2) is 29.1 Å². The fourth-order valence-electron chi connectivity index (χ4n) is 2.68. The van der Waals surface area contributed by atoms with Crippen molar-refractivity contribution in [2.24, 2.45) is 0 Å². The highest BCUT2D eigenvalue weighted by Gasteiger charge is 2.30. The monoisotopic (exact) mass is 370 g/mol. The standard InChI is InChI=1S/C16H14ClF3N4O/c1-8(10-3-5-11(6-4-10)16(18,19)20)24-14-13(12(7-17)23-24)15(25)22-9(2)21-14/h3-6,8H,7H2,1-2H3,(H,21,22,25). The van der Waals surface area contributed by atoms with Gasteiger partial charge in [0.15, 0.2) is 5.65 Å². The minimum atomic E-state index is -4.39. The Balaban J connectivity index is 2.11. The topological polar surface area (TPSA) is 63.6 Å². The minimum absolute atomic E-state index is 0.0249. The summed E-state index contributed by atoms with van der Waals surface area (Å²) >= 11 is 5.87. The Hall–Kier alpha value is -2.35. The van der Waals surface area contributed by atoms with Crippen molar-refractivity contribution in [3.8, 4) is 0 Å². The molecule has 0 saturated carbocycles. The molecular formula is C16H14ClF3N4O. The summed E-state index contributed by atoms with van der Waals surface area (Å²) in [7, 11) is 0. The second-order valence-corrected chi connectivity index (χ2v) is 5.94. The number of benzene rings is 1. The lowest BCUT2D eigenvalue weighted by atomic mass is 10.1. The van der Waals surface area contributed by atoms with Crippen molar-refractivity contribution in [3.63, 3.8) is 0 Å². The molecule has 0 aliphatic rings. The van der Waals surface area contributed by atoms with Crippen LogP contribution in [-0.2, 0) is 12.1 Å². The van der Waals surface area contributed by atoms with E-state index in [-0.39, 0.29) is 11.4 Å². The molecule has 9 heteroatoms. The Morgan fingerprint density at radius 3 is 2.48 bits per heavy atom. The zero-order valence-corrected chi connectivity index (χ0v) is 14.1. The minimum Gasteiger partial charge on any atom is -0.310 e. The molecule has 3 aromatic rings. The first-order valence-electron chi connectivity index (χ1n) is 7.43. The molecule has 1 N–H and O–H groups in total. The molecule has 132 valence electrons. The van der Waals surface area contributed by atoms with Gasteiger partial charge in [-0.15, -0.1) is 11.6 Å². The van der Waals surface area contributed by atoms with E-state index in [4.69, 9.17) is 11.6 Å². The Kier molecular flexibility index (Phi) is 4.32. The summed E-state index contributed by atoms with van der Waals surface area (Å²) in [6, 6.07) is 4.40. The van der Waals surface area contributed by atoms with Crippen LogP contribution < -0.4 is 5.56 Å². The number of halogens is 4. The number of nitrogens with zero attached hydrogens (tertiary/aromatic N) is 3. The number of H-pyrrole nitrogens is 1. The molecule has 0 aliphatic carbocycles. The average molecular weight is 371 g/mol. The third-order valence-electron chi connectivity index (χ3n) is 3.97. The number of hydrogen-bond donors (Lipinski definition) is 1. The van der Waals surface area contributed by atoms with Crippen molar-refractivity contribution in [1.82, 2.24) is 19.7 Å². The maximum atomic E-state index is 12.7. The van der Waals surface area contributed by atoms with Crippen LogP contribution in [0.5, 0.6) is 0 Å². The van der Waals surface area contributed by atoms with Gasteiger partial charge >= 0.3 is 6.18 Å². The Morgan fingerprint density at radius 2 is 1.92 bits per heavy atom. The van der Waals surface area contributed by atoms with Gasteiger partial charge in [-0.1, -0.05) is 12.1 Å². The van der Waals surface area contributed by atoms with Crippen LogP contribution in [0.3, 0.4) is 0 Å². The predicted octanol–water partition coefficient (Wildman–Crippen LogP) is 3.79. The zero-order chi connectivity index (χ0) is 18.4. The highest BCUT2D eigenvalue weighted by atomic mass is 35.5. The largest absolute Gasteiger partial charge is 0.416 e. The molecule has 0 radical (unpaired) electrons. The third-order valence-corrected chi connectivity index (χ3v) is 4.22. The first kappa shape index (κ1) is 17.5. The van der Waals surface area contributed by atoms with Gasteiger partial charge in [-0.25, -0.2) is 9.67 Å². The predicted molar refractivity (Wildman–Crippen MR) is 87.7 cm³/mol. The molecule has 5 nitrogen and oxygen atoms in total. The molecule has 0 amide bonds. The first-order chi connectivity index (χ1) is 11.7. The van der Waals surface area contributed by atoms with E-state index in [0.717, 1.165) is 12.1 Å². The Morgan fingerprint density at radius 1 is 1.28 bits per heavy atom. The molecule has 0 spiro atoms. The average Bonchev–Trinajstić information content (AvgIpc) is 2.92. The van der Waals surface area contributed by atoms with Crippen molar-refractivity contribution in [3.05, 3.63) is 57.3 Å². The first-order valence-corrected chi connectivity index (χ1v) is 7.97. The van der Waals surface area contributed by atoms with Gasteiger partial charge < -0.3 is 4.98 Å². The molecule has 1 atom stereocenters. The van der Waals surface area contributed by atoms with Crippen LogP contribution >= 0.6 is 11.6 Å². The number of aromatic nitrogens is 4. The summed E-state index contributed by atoms with van der Waals surface area (Å²) in [5.41, 5.74) is 0.274. The molecule has 25 heavy (non-hydrogen) atoms. The number of aromatic amines is 1. The summed E-state index contributed by atoms with van der Waals surface area (Å²) < 4.78 is 39.6. The van der Waals surface area contributed by atoms with Gasteiger partial charge in [-0.05, 0) is 31.5 Å². The molecule has 0 aliphatic heterocycles. The van der Waals surface area contributed by atoms with E-state index in [1.807, 2.05) is 0 Å². The second-order valence-electron chi connectivity index (χ2n) is 5.67. The quantitative estimate of drug-likeness (QED) is 0.713. The summed E-state index contributed by atoms with van der Waals surface area (Å²) in [5.74, 6) is 0.441. The van der Waals surface area contributed by atoms with Crippen molar-refractivity contribution in [2.45, 2.75) is 31.9 Å². The van der Waals surface area contributed by atoms with Crippen molar-refractivity contribution >= 4 is 22.6 Å². The van der Waals surface area contributed by atoms with E-state index >= 15 is 0 Å². The zero-order valence-electron chi connectivity index (χ0n) is 13.4. The van der Waals surface area contributed by atoms with Crippen LogP contribution in [0.4, 0.5) is 13.2 Å². The van der Waals surface area contributed by atoms with E-state index in [9.17, 15) is 18.0 Å². The SMILES string of the molecule is Cc1nc2c(c(CCl)nn2C(C)c2ccc(C(F)(F)F)cc2)c(=O)[nH]1. The number of fused-ring (bicyclic) bond motifs is 1. The van der Waals surface area contributed by atoms with Gasteiger partial charge in [0.05, 0.1) is 23.2 Å². The lowest BCUT2D eigenvalue weighted by Crippen LogP contribution is -2.13. The van der Waals surface area contributed by atoms with Gasteiger partial charge in [-0.3, -0.25) is 4.79 Å². The Labute approximate surface area is 145 Å². The number of nitrogens with one attached hydrogen (secondary N) is 1. The van der Waals surface area contributed by atoms with Gasteiger partial charge in [0.25, 0.3) is 5.56 Å². The van der Waals surface area contributed by atoms with E-state index in [2.05, 4.69) is 15.1 Å². The van der Waals surface area contributed by atoms with E-state index in [0.29, 0.717) is 28.1 Å². The van der Waals surface area contributed by atoms with Crippen LogP contribution in [0.1, 0.15) is 35.6 Å². The number of rotatable bonds is 3. The Bertz CT molecular complexity index is 976. The van der Waals surface area contributed by atoms with E-state index < -0.39 is 17.8 Å². The molecule has 1 unspecified atom stereocenters. The summed E-state index contributed by atoms with van der Waals surface area (Å²) in [6.45, 7) is 3.41. The van der Waals surface area contributed by atoms with Gasteiger partial charge in [0, 0.05) is 0 Å². The fraction of sp³-hybridized carbons (Fsp3) is 0.312.